The van der Waals surface area contributed by atoms with Crippen molar-refractivity contribution in [3.05, 3.63) is 5.69 Å². The topological polar surface area (TPSA) is 143 Å². The number of hydroxylamine groups is 1. The van der Waals surface area contributed by atoms with Gasteiger partial charge in [0.15, 0.2) is 0 Å². The monoisotopic (exact) mass is 257 g/mol. The molecule has 0 saturated carbocycles. The first-order chi connectivity index (χ1) is 8.65. The molecule has 1 rings (SSSR count). The van der Waals surface area contributed by atoms with Crippen LogP contribution in [0.25, 0.3) is 0 Å². The van der Waals surface area contributed by atoms with Gasteiger partial charge in [0.2, 0.25) is 17.4 Å². The number of aromatic nitrogens is 2. The van der Waals surface area contributed by atoms with Gasteiger partial charge < -0.3 is 11.1 Å². The van der Waals surface area contributed by atoms with E-state index in [1.807, 2.05) is 0 Å². The summed E-state index contributed by atoms with van der Waals surface area (Å²) in [5, 5.41) is 17.5. The van der Waals surface area contributed by atoms with Crippen molar-refractivity contribution in [1.82, 2.24) is 21.1 Å². The second kappa shape index (κ2) is 7.22. The number of nitrogens with zero attached hydrogens (tertiary/aromatic N) is 2. The molecule has 0 atom stereocenters. The maximum Gasteiger partial charge on any atom is 0.277 e. The highest BCUT2D eigenvalue weighted by Crippen LogP contribution is 2.03. The number of anilines is 1. The van der Waals surface area contributed by atoms with Gasteiger partial charge in [-0.3, -0.25) is 14.8 Å². The molecule has 0 aliphatic rings. The van der Waals surface area contributed by atoms with Gasteiger partial charge in [-0.1, -0.05) is 6.42 Å². The first kappa shape index (κ1) is 13.9. The Morgan fingerprint density at radius 1 is 1.28 bits per heavy atom. The molecule has 0 radical (unpaired) electrons. The summed E-state index contributed by atoms with van der Waals surface area (Å²) in [4.78, 5) is 22.1. The number of amides is 2. The molecule has 0 fully saturated rings. The summed E-state index contributed by atoms with van der Waals surface area (Å²) >= 11 is 0. The SMILES string of the molecule is Nc1nonc1C(=O)NCCCCCC(=O)NO. The normalized spacial score (nSPS) is 10.1. The Hall–Kier alpha value is -2.16. The van der Waals surface area contributed by atoms with Crippen molar-refractivity contribution in [2.45, 2.75) is 25.7 Å². The van der Waals surface area contributed by atoms with Crippen LogP contribution in [-0.4, -0.2) is 33.9 Å². The van der Waals surface area contributed by atoms with Crippen LogP contribution in [0.4, 0.5) is 5.82 Å². The predicted molar refractivity (Wildman–Crippen MR) is 59.4 cm³/mol. The Morgan fingerprint density at radius 2 is 2.06 bits per heavy atom. The van der Waals surface area contributed by atoms with Gasteiger partial charge in [-0.15, -0.1) is 0 Å². The standard InChI is InChI=1S/C9H15N5O4/c10-8-7(13-18-14-8)9(16)11-5-3-1-2-4-6(15)12-17/h17H,1-5H2,(H2,10,14)(H,11,16)(H,12,15). The van der Waals surface area contributed by atoms with Crippen LogP contribution < -0.4 is 16.5 Å². The number of nitrogens with two attached hydrogens (primary N) is 1. The number of hydrogen-bond donors (Lipinski definition) is 4. The van der Waals surface area contributed by atoms with Gasteiger partial charge in [0, 0.05) is 13.0 Å². The lowest BCUT2D eigenvalue weighted by molar-refractivity contribution is -0.129. The number of carbonyl (C=O) groups excluding carboxylic acids is 2. The summed E-state index contributed by atoms with van der Waals surface area (Å²) in [6, 6.07) is 0. The van der Waals surface area contributed by atoms with Crippen LogP contribution in [0.3, 0.4) is 0 Å². The largest absolute Gasteiger partial charge is 0.379 e. The zero-order chi connectivity index (χ0) is 13.4. The summed E-state index contributed by atoms with van der Waals surface area (Å²) in [5.74, 6) is -0.908. The molecule has 0 bridgehead atoms. The van der Waals surface area contributed by atoms with Gasteiger partial charge in [-0.05, 0) is 23.2 Å². The van der Waals surface area contributed by atoms with Crippen LogP contribution >= 0.6 is 0 Å². The lowest BCUT2D eigenvalue weighted by atomic mass is 10.2. The number of rotatable bonds is 7. The lowest BCUT2D eigenvalue weighted by Crippen LogP contribution is -2.25. The molecule has 1 aromatic heterocycles. The fraction of sp³-hybridized carbons (Fsp3) is 0.556. The average molecular weight is 257 g/mol. The molecule has 2 amide bonds. The maximum absolute atomic E-state index is 11.5. The Bertz CT molecular complexity index is 405. The highest BCUT2D eigenvalue weighted by molar-refractivity contribution is 5.95. The lowest BCUT2D eigenvalue weighted by Gasteiger charge is -2.02. The van der Waals surface area contributed by atoms with Crippen molar-refractivity contribution in [2.75, 3.05) is 12.3 Å². The van der Waals surface area contributed by atoms with E-state index in [1.54, 1.807) is 5.48 Å². The van der Waals surface area contributed by atoms with Gasteiger partial charge >= 0.3 is 0 Å². The summed E-state index contributed by atoms with van der Waals surface area (Å²) in [6.45, 7) is 0.436. The van der Waals surface area contributed by atoms with Gasteiger partial charge in [-0.25, -0.2) is 10.1 Å². The molecule has 1 heterocycles. The van der Waals surface area contributed by atoms with Crippen molar-refractivity contribution in [3.63, 3.8) is 0 Å². The van der Waals surface area contributed by atoms with Crippen molar-refractivity contribution >= 4 is 17.6 Å². The number of hydrogen-bond acceptors (Lipinski definition) is 7. The van der Waals surface area contributed by atoms with Gasteiger partial charge in [0.1, 0.15) is 0 Å². The van der Waals surface area contributed by atoms with E-state index in [4.69, 9.17) is 10.9 Å². The first-order valence-corrected chi connectivity index (χ1v) is 5.44. The Kier molecular flexibility index (Phi) is 5.58. The van der Waals surface area contributed by atoms with Crippen molar-refractivity contribution in [2.24, 2.45) is 0 Å². The molecule has 0 unspecified atom stereocenters. The minimum Gasteiger partial charge on any atom is -0.379 e. The van der Waals surface area contributed by atoms with Crippen LogP contribution in [0, 0.1) is 0 Å². The fourth-order valence-electron chi connectivity index (χ4n) is 1.28. The van der Waals surface area contributed by atoms with Gasteiger partial charge in [0.05, 0.1) is 0 Å². The smallest absolute Gasteiger partial charge is 0.277 e. The third-order valence-corrected chi connectivity index (χ3v) is 2.22. The third-order valence-electron chi connectivity index (χ3n) is 2.22. The summed E-state index contributed by atoms with van der Waals surface area (Å²) < 4.78 is 4.30. The summed E-state index contributed by atoms with van der Waals surface area (Å²) in [5.41, 5.74) is 6.86. The molecule has 1 aromatic rings. The molecular formula is C9H15N5O4. The Morgan fingerprint density at radius 3 is 2.67 bits per heavy atom. The molecular weight excluding hydrogens is 242 g/mol. The highest BCUT2D eigenvalue weighted by Gasteiger charge is 2.14. The molecule has 9 heteroatoms. The molecule has 0 spiro atoms. The van der Waals surface area contributed by atoms with Crippen LogP contribution in [-0.2, 0) is 4.79 Å². The van der Waals surface area contributed by atoms with Crippen LogP contribution in [0.5, 0.6) is 0 Å². The predicted octanol–water partition coefficient (Wildman–Crippen LogP) is -0.553. The van der Waals surface area contributed by atoms with Crippen molar-refractivity contribution in [3.8, 4) is 0 Å². The third kappa shape index (κ3) is 4.37. The number of nitrogens with one attached hydrogen (secondary N) is 2. The molecule has 18 heavy (non-hydrogen) atoms. The average Bonchev–Trinajstić information content (AvgIpc) is 2.79. The van der Waals surface area contributed by atoms with Crippen LogP contribution in [0.2, 0.25) is 0 Å². The van der Waals surface area contributed by atoms with Crippen molar-refractivity contribution < 1.29 is 19.4 Å². The minimum absolute atomic E-state index is 0.0327. The quantitative estimate of drug-likeness (QED) is 0.291. The highest BCUT2D eigenvalue weighted by atomic mass is 16.6. The molecule has 0 aromatic carbocycles. The van der Waals surface area contributed by atoms with E-state index >= 15 is 0 Å². The van der Waals surface area contributed by atoms with E-state index in [-0.39, 0.29) is 17.9 Å². The molecule has 0 aliphatic carbocycles. The summed E-state index contributed by atoms with van der Waals surface area (Å²) in [7, 11) is 0. The van der Waals surface area contributed by atoms with Gasteiger partial charge in [0.25, 0.3) is 5.91 Å². The summed E-state index contributed by atoms with van der Waals surface area (Å²) in [6.07, 6.45) is 2.34. The van der Waals surface area contributed by atoms with E-state index in [9.17, 15) is 9.59 Å². The van der Waals surface area contributed by atoms with Crippen LogP contribution in [0.1, 0.15) is 36.2 Å². The van der Waals surface area contributed by atoms with Crippen molar-refractivity contribution in [1.29, 1.82) is 0 Å². The zero-order valence-electron chi connectivity index (χ0n) is 9.68. The van der Waals surface area contributed by atoms with Gasteiger partial charge in [-0.2, -0.15) is 0 Å². The molecule has 100 valence electrons. The second-order valence-electron chi connectivity index (χ2n) is 3.60. The molecule has 9 nitrogen and oxygen atoms in total. The Balaban J connectivity index is 2.10. The van der Waals surface area contributed by atoms with E-state index < -0.39 is 11.8 Å². The number of carbonyl (C=O) groups is 2. The van der Waals surface area contributed by atoms with E-state index in [0.717, 1.165) is 6.42 Å². The number of unbranched alkanes of at least 4 members (excludes halogenated alkanes) is 2. The molecule has 0 saturated heterocycles. The van der Waals surface area contributed by atoms with E-state index in [2.05, 4.69) is 20.3 Å². The van der Waals surface area contributed by atoms with E-state index in [0.29, 0.717) is 19.4 Å². The second-order valence-corrected chi connectivity index (χ2v) is 3.60. The number of nitrogen functional groups attached to an aromatic ring is 1. The van der Waals surface area contributed by atoms with E-state index in [1.165, 1.54) is 0 Å². The Labute approximate surface area is 103 Å². The first-order valence-electron chi connectivity index (χ1n) is 5.44. The molecule has 0 aliphatic heterocycles. The minimum atomic E-state index is -0.443. The molecule has 5 N–H and O–H groups in total. The fourth-order valence-corrected chi connectivity index (χ4v) is 1.28. The van der Waals surface area contributed by atoms with Crippen LogP contribution in [0.15, 0.2) is 4.63 Å². The maximum atomic E-state index is 11.5. The zero-order valence-corrected chi connectivity index (χ0v) is 9.68.